The molecule has 0 aliphatic carbocycles. The monoisotopic (exact) mass is 983 g/mol. The number of esters is 3. The Hall–Kier alpha value is -2.30. The van der Waals surface area contributed by atoms with Gasteiger partial charge in [0.25, 0.3) is 0 Å². The lowest BCUT2D eigenvalue weighted by atomic mass is 10.0. The minimum Gasteiger partial charge on any atom is -0.462 e. The summed E-state index contributed by atoms with van der Waals surface area (Å²) in [5, 5.41) is 9.77. The molecule has 3 atom stereocenters. The van der Waals surface area contributed by atoms with E-state index in [-0.39, 0.29) is 25.9 Å². The van der Waals surface area contributed by atoms with Gasteiger partial charge in [0.1, 0.15) is 12.7 Å². The van der Waals surface area contributed by atoms with Crippen LogP contribution in [-0.4, -0.2) is 66.5 Å². The van der Waals surface area contributed by atoms with Gasteiger partial charge in [-0.3, -0.25) is 23.4 Å². The number of rotatable bonds is 52. The van der Waals surface area contributed by atoms with E-state index in [2.05, 4.69) is 57.2 Å². The van der Waals surface area contributed by atoms with Crippen LogP contribution in [0.1, 0.15) is 265 Å². The second kappa shape index (κ2) is 51.1. The van der Waals surface area contributed by atoms with Gasteiger partial charge in [-0.25, -0.2) is 4.57 Å². The number of hydrogen-bond donors (Lipinski definition) is 2. The largest absolute Gasteiger partial charge is 0.472 e. The Kier molecular flexibility index (Phi) is 49.3. The molecule has 0 saturated carbocycles. The van der Waals surface area contributed by atoms with Crippen molar-refractivity contribution in [2.24, 2.45) is 0 Å². The Bertz CT molecular complexity index is 1280. The van der Waals surface area contributed by atoms with Gasteiger partial charge in [-0.2, -0.15) is 0 Å². The summed E-state index contributed by atoms with van der Waals surface area (Å²) in [5.74, 6) is -1.48. The minimum atomic E-state index is -4.74. The highest BCUT2D eigenvalue weighted by Gasteiger charge is 2.28. The van der Waals surface area contributed by atoms with Crippen LogP contribution in [0.3, 0.4) is 0 Å². The molecule has 0 radical (unpaired) electrons. The lowest BCUT2D eigenvalue weighted by Gasteiger charge is -2.21. The third-order valence-corrected chi connectivity index (χ3v) is 13.0. The fraction of sp³-hybridized carbons (Fsp3) is 0.839. The maximum absolute atomic E-state index is 12.9. The van der Waals surface area contributed by atoms with E-state index in [0.29, 0.717) is 19.3 Å². The van der Waals surface area contributed by atoms with Gasteiger partial charge in [0.15, 0.2) is 6.10 Å². The van der Waals surface area contributed by atoms with Crippen LogP contribution in [0.4, 0.5) is 0 Å². The molecule has 11 nitrogen and oxygen atoms in total. The van der Waals surface area contributed by atoms with E-state index in [1.165, 1.54) is 128 Å². The van der Waals surface area contributed by atoms with Crippen molar-refractivity contribution in [1.29, 1.82) is 0 Å². The van der Waals surface area contributed by atoms with Crippen molar-refractivity contribution in [3.05, 3.63) is 36.5 Å². The predicted octanol–water partition coefficient (Wildman–Crippen LogP) is 16.0. The zero-order valence-electron chi connectivity index (χ0n) is 43.8. The molecule has 0 fully saturated rings. The molecule has 12 heteroatoms. The van der Waals surface area contributed by atoms with Crippen molar-refractivity contribution in [3.63, 3.8) is 0 Å². The summed E-state index contributed by atoms with van der Waals surface area (Å²) >= 11 is 0. The van der Waals surface area contributed by atoms with Gasteiger partial charge >= 0.3 is 25.7 Å². The minimum absolute atomic E-state index is 0.145. The van der Waals surface area contributed by atoms with Crippen molar-refractivity contribution in [3.8, 4) is 0 Å². The molecular weight excluding hydrogens is 880 g/mol. The zero-order chi connectivity index (χ0) is 49.9. The molecule has 0 rings (SSSR count). The summed E-state index contributed by atoms with van der Waals surface area (Å²) < 4.78 is 39.4. The number of unbranched alkanes of at least 4 members (excludes halogenated alkanes) is 29. The Balaban J connectivity index is 4.63. The average molecular weight is 983 g/mol. The molecular formula is C56H103O11P. The van der Waals surface area contributed by atoms with E-state index in [9.17, 15) is 28.9 Å². The van der Waals surface area contributed by atoms with Gasteiger partial charge in [-0.15, -0.1) is 0 Å². The van der Waals surface area contributed by atoms with E-state index in [1.54, 1.807) is 0 Å². The first-order valence-electron chi connectivity index (χ1n) is 27.9. The van der Waals surface area contributed by atoms with Crippen molar-refractivity contribution in [2.75, 3.05) is 26.4 Å². The Morgan fingerprint density at radius 2 is 0.765 bits per heavy atom. The van der Waals surface area contributed by atoms with Crippen LogP contribution in [0.5, 0.6) is 0 Å². The van der Waals surface area contributed by atoms with E-state index < -0.39 is 57.8 Å². The topological polar surface area (TPSA) is 155 Å². The number of hydrogen-bond acceptors (Lipinski definition) is 10. The summed E-state index contributed by atoms with van der Waals surface area (Å²) in [7, 11) is -4.74. The SMILES string of the molecule is CC/C=C\C/C=C\C/C=C\CCCCCC(=O)OC(CO)COP(=O)(O)OCC(COC(=O)CCCCCCCCCCC)OC(=O)CCCCCCCCCCCCCCCCCCCCC. The van der Waals surface area contributed by atoms with Gasteiger partial charge in [-0.05, 0) is 51.4 Å². The Morgan fingerprint density at radius 1 is 0.426 bits per heavy atom. The predicted molar refractivity (Wildman–Crippen MR) is 279 cm³/mol. The molecule has 0 saturated heterocycles. The number of ether oxygens (including phenoxy) is 3. The maximum Gasteiger partial charge on any atom is 0.472 e. The molecule has 2 N–H and O–H groups in total. The lowest BCUT2D eigenvalue weighted by molar-refractivity contribution is -0.161. The van der Waals surface area contributed by atoms with Crippen LogP contribution in [0.2, 0.25) is 0 Å². The number of aliphatic hydroxyl groups is 1. The average Bonchev–Trinajstić information content (AvgIpc) is 3.32. The molecule has 0 amide bonds. The molecule has 0 heterocycles. The number of carbonyl (C=O) groups excluding carboxylic acids is 3. The van der Waals surface area contributed by atoms with Gasteiger partial charge in [0.2, 0.25) is 0 Å². The number of carbonyl (C=O) groups is 3. The molecule has 0 aliphatic heterocycles. The van der Waals surface area contributed by atoms with Gasteiger partial charge in [0, 0.05) is 19.3 Å². The van der Waals surface area contributed by atoms with Crippen LogP contribution < -0.4 is 0 Å². The first kappa shape index (κ1) is 65.7. The third-order valence-electron chi connectivity index (χ3n) is 12.1. The van der Waals surface area contributed by atoms with Gasteiger partial charge in [-0.1, -0.05) is 231 Å². The first-order chi connectivity index (χ1) is 33.2. The molecule has 0 aliphatic rings. The highest BCUT2D eigenvalue weighted by atomic mass is 31.2. The molecule has 0 bridgehead atoms. The van der Waals surface area contributed by atoms with Crippen molar-refractivity contribution in [1.82, 2.24) is 0 Å². The van der Waals surface area contributed by atoms with Gasteiger partial charge in [0.05, 0.1) is 19.8 Å². The number of allylic oxidation sites excluding steroid dienone is 6. The lowest BCUT2D eigenvalue weighted by Crippen LogP contribution is -2.30. The molecule has 0 spiro atoms. The zero-order valence-corrected chi connectivity index (χ0v) is 44.7. The molecule has 0 aromatic carbocycles. The van der Waals surface area contributed by atoms with Crippen molar-refractivity contribution >= 4 is 25.7 Å². The Labute approximate surface area is 416 Å². The molecule has 3 unspecified atom stereocenters. The summed E-state index contributed by atoms with van der Waals surface area (Å²) in [4.78, 5) is 48.3. The highest BCUT2D eigenvalue weighted by molar-refractivity contribution is 7.47. The third kappa shape index (κ3) is 48.7. The van der Waals surface area contributed by atoms with Crippen molar-refractivity contribution in [2.45, 2.75) is 277 Å². The van der Waals surface area contributed by atoms with Crippen molar-refractivity contribution < 1.29 is 52.2 Å². The molecule has 0 aromatic rings. The summed E-state index contributed by atoms with van der Waals surface area (Å²) in [6.45, 7) is 4.50. The smallest absolute Gasteiger partial charge is 0.462 e. The quantitative estimate of drug-likeness (QED) is 0.0197. The molecule has 398 valence electrons. The maximum atomic E-state index is 12.9. The summed E-state index contributed by atoms with van der Waals surface area (Å²) in [5.41, 5.74) is 0. The van der Waals surface area contributed by atoms with E-state index in [0.717, 1.165) is 77.0 Å². The highest BCUT2D eigenvalue weighted by Crippen LogP contribution is 2.43. The standard InChI is InChI=1S/C56H103O11P/c1-4-7-10-13-16-19-21-23-24-25-26-27-28-30-32-35-38-41-44-47-56(60)67-53(49-63-54(58)45-42-39-36-33-18-15-12-9-6-3)51-65-68(61,62)64-50-52(48-57)66-55(59)46-43-40-37-34-31-29-22-20-17-14-11-8-5-2/h8,11,17,20,29,31,52-53,57H,4-7,9-10,12-16,18-19,21-28,30,32-51H2,1-3H3,(H,61,62)/b11-8-,20-17-,31-29-. The Morgan fingerprint density at radius 3 is 1.18 bits per heavy atom. The fourth-order valence-electron chi connectivity index (χ4n) is 7.84. The second-order valence-corrected chi connectivity index (χ2v) is 20.2. The normalized spacial score (nSPS) is 13.7. The fourth-order valence-corrected chi connectivity index (χ4v) is 8.63. The van der Waals surface area contributed by atoms with Crippen LogP contribution in [0.15, 0.2) is 36.5 Å². The first-order valence-corrected chi connectivity index (χ1v) is 29.4. The molecule has 68 heavy (non-hydrogen) atoms. The van der Waals surface area contributed by atoms with E-state index >= 15 is 0 Å². The number of aliphatic hydroxyl groups excluding tert-OH is 1. The van der Waals surface area contributed by atoms with E-state index in [1.807, 2.05) is 0 Å². The number of phosphoric acid groups is 1. The van der Waals surface area contributed by atoms with Crippen LogP contribution in [-0.2, 0) is 42.2 Å². The number of phosphoric ester groups is 1. The van der Waals surface area contributed by atoms with Crippen LogP contribution >= 0.6 is 7.82 Å². The van der Waals surface area contributed by atoms with Crippen LogP contribution in [0, 0.1) is 0 Å². The van der Waals surface area contributed by atoms with E-state index in [4.69, 9.17) is 23.3 Å². The summed E-state index contributed by atoms with van der Waals surface area (Å²) in [6.07, 6.45) is 51.2. The van der Waals surface area contributed by atoms with Crippen LogP contribution in [0.25, 0.3) is 0 Å². The second-order valence-electron chi connectivity index (χ2n) is 18.7. The molecule has 0 aromatic heterocycles. The summed E-state index contributed by atoms with van der Waals surface area (Å²) in [6, 6.07) is 0. The van der Waals surface area contributed by atoms with Gasteiger partial charge < -0.3 is 24.2 Å².